The normalized spacial score (nSPS) is 19.5. The van der Waals surface area contributed by atoms with Gasteiger partial charge in [-0.15, -0.1) is 0 Å². The minimum atomic E-state index is 0.834. The second-order valence-electron chi connectivity index (χ2n) is 6.41. The zero-order chi connectivity index (χ0) is 12.7. The molecule has 98 valence electrons. The maximum Gasteiger partial charge on any atom is -0.0391 e. The van der Waals surface area contributed by atoms with Gasteiger partial charge in [0.2, 0.25) is 0 Å². The van der Waals surface area contributed by atoms with E-state index in [1.165, 1.54) is 25.7 Å². The minimum absolute atomic E-state index is 0.834. The molecule has 0 nitrogen and oxygen atoms in total. The third kappa shape index (κ3) is 5.92. The third-order valence-electron chi connectivity index (χ3n) is 4.69. The van der Waals surface area contributed by atoms with E-state index in [-0.39, 0.29) is 0 Å². The predicted molar refractivity (Wildman–Crippen MR) is 75.6 cm³/mol. The lowest BCUT2D eigenvalue weighted by Crippen LogP contribution is -2.20. The topological polar surface area (TPSA) is 0 Å². The van der Waals surface area contributed by atoms with Crippen molar-refractivity contribution in [2.45, 2.75) is 74.1 Å². The van der Waals surface area contributed by atoms with Crippen LogP contribution in [0.5, 0.6) is 0 Å². The van der Waals surface area contributed by atoms with Crippen LogP contribution in [0.4, 0.5) is 0 Å². The van der Waals surface area contributed by atoms with Crippen molar-refractivity contribution < 1.29 is 0 Å². The highest BCUT2D eigenvalue weighted by Gasteiger charge is 2.21. The van der Waals surface area contributed by atoms with Crippen molar-refractivity contribution in [3.63, 3.8) is 0 Å². The molecule has 0 aromatic heterocycles. The van der Waals surface area contributed by atoms with Crippen LogP contribution in [0.25, 0.3) is 0 Å². The SMILES string of the molecule is CCCCC(C)C(C)C(C)CC(C)C(C)C. The number of hydrogen-bond acceptors (Lipinski definition) is 0. The zero-order valence-corrected chi connectivity index (χ0v) is 12.7. The van der Waals surface area contributed by atoms with Crippen molar-refractivity contribution in [2.75, 3.05) is 0 Å². The van der Waals surface area contributed by atoms with Crippen LogP contribution in [0, 0.1) is 29.6 Å². The fourth-order valence-corrected chi connectivity index (χ4v) is 2.42. The molecule has 0 heteroatoms. The number of hydrogen-bond donors (Lipinski definition) is 0. The molecule has 4 atom stereocenters. The molecule has 0 spiro atoms. The highest BCUT2D eigenvalue weighted by Crippen LogP contribution is 2.31. The fourth-order valence-electron chi connectivity index (χ4n) is 2.42. The summed E-state index contributed by atoms with van der Waals surface area (Å²) in [5.41, 5.74) is 0. The Morgan fingerprint density at radius 1 is 0.750 bits per heavy atom. The summed E-state index contributed by atoms with van der Waals surface area (Å²) < 4.78 is 0. The highest BCUT2D eigenvalue weighted by atomic mass is 14.3. The van der Waals surface area contributed by atoms with Crippen molar-refractivity contribution in [3.8, 4) is 0 Å². The first-order valence-corrected chi connectivity index (χ1v) is 7.40. The molecular weight excluding hydrogens is 192 g/mol. The van der Waals surface area contributed by atoms with Crippen LogP contribution in [0.15, 0.2) is 0 Å². The smallest absolute Gasteiger partial charge is 0.0391 e. The summed E-state index contributed by atoms with van der Waals surface area (Å²) in [5, 5.41) is 0. The Morgan fingerprint density at radius 2 is 1.31 bits per heavy atom. The Labute approximate surface area is 104 Å². The van der Waals surface area contributed by atoms with Gasteiger partial charge in [-0.2, -0.15) is 0 Å². The summed E-state index contributed by atoms with van der Waals surface area (Å²) in [4.78, 5) is 0. The lowest BCUT2D eigenvalue weighted by atomic mass is 9.77. The lowest BCUT2D eigenvalue weighted by molar-refractivity contribution is 0.210. The van der Waals surface area contributed by atoms with E-state index in [0.717, 1.165) is 29.6 Å². The van der Waals surface area contributed by atoms with Gasteiger partial charge in [0, 0.05) is 0 Å². The molecule has 0 rings (SSSR count). The van der Waals surface area contributed by atoms with Gasteiger partial charge in [0.05, 0.1) is 0 Å². The Morgan fingerprint density at radius 3 is 1.75 bits per heavy atom. The molecule has 0 bridgehead atoms. The van der Waals surface area contributed by atoms with E-state index in [1.807, 2.05) is 0 Å². The maximum absolute atomic E-state index is 2.46. The van der Waals surface area contributed by atoms with Crippen molar-refractivity contribution in [1.29, 1.82) is 0 Å². The molecule has 0 aliphatic carbocycles. The highest BCUT2D eigenvalue weighted by molar-refractivity contribution is 4.71. The maximum atomic E-state index is 2.46. The predicted octanol–water partition coefficient (Wildman–Crippen LogP) is 5.77. The fraction of sp³-hybridized carbons (Fsp3) is 1.00. The molecule has 0 saturated heterocycles. The summed E-state index contributed by atoms with van der Waals surface area (Å²) in [6.45, 7) is 16.7. The molecule has 0 aromatic rings. The average Bonchev–Trinajstić information content (AvgIpc) is 2.24. The molecule has 0 aromatic carbocycles. The molecule has 0 saturated carbocycles. The molecule has 0 N–H and O–H groups in total. The lowest BCUT2D eigenvalue weighted by Gasteiger charge is -2.29. The molecule has 16 heavy (non-hydrogen) atoms. The van der Waals surface area contributed by atoms with Crippen LogP contribution in [0.1, 0.15) is 74.1 Å². The first-order chi connectivity index (χ1) is 7.40. The van der Waals surface area contributed by atoms with Crippen LogP contribution < -0.4 is 0 Å². The van der Waals surface area contributed by atoms with Gasteiger partial charge in [-0.05, 0) is 36.0 Å². The van der Waals surface area contributed by atoms with Crippen LogP contribution in [0.3, 0.4) is 0 Å². The summed E-state index contributed by atoms with van der Waals surface area (Å²) in [6.07, 6.45) is 5.55. The van der Waals surface area contributed by atoms with Crippen LogP contribution in [0.2, 0.25) is 0 Å². The summed E-state index contributed by atoms with van der Waals surface area (Å²) in [5.74, 6) is 4.36. The quantitative estimate of drug-likeness (QED) is 0.493. The van der Waals surface area contributed by atoms with E-state index in [0.29, 0.717) is 0 Å². The van der Waals surface area contributed by atoms with E-state index in [4.69, 9.17) is 0 Å². The van der Waals surface area contributed by atoms with Gasteiger partial charge in [0.15, 0.2) is 0 Å². The van der Waals surface area contributed by atoms with Crippen molar-refractivity contribution in [1.82, 2.24) is 0 Å². The van der Waals surface area contributed by atoms with Crippen molar-refractivity contribution >= 4 is 0 Å². The van der Waals surface area contributed by atoms with Crippen molar-refractivity contribution in [2.24, 2.45) is 29.6 Å². The van der Waals surface area contributed by atoms with Gasteiger partial charge in [-0.25, -0.2) is 0 Å². The first-order valence-electron chi connectivity index (χ1n) is 7.40. The molecule has 0 aliphatic heterocycles. The summed E-state index contributed by atoms with van der Waals surface area (Å²) >= 11 is 0. The first kappa shape index (κ1) is 16.0. The van der Waals surface area contributed by atoms with Gasteiger partial charge in [-0.3, -0.25) is 0 Å². The van der Waals surface area contributed by atoms with Gasteiger partial charge in [0.1, 0.15) is 0 Å². The molecule has 0 heterocycles. The van der Waals surface area contributed by atoms with Gasteiger partial charge >= 0.3 is 0 Å². The molecular formula is C16H34. The molecule has 0 radical (unpaired) electrons. The van der Waals surface area contributed by atoms with Crippen LogP contribution in [-0.4, -0.2) is 0 Å². The number of unbranched alkanes of at least 4 members (excludes halogenated alkanes) is 1. The summed E-state index contributed by atoms with van der Waals surface area (Å²) in [7, 11) is 0. The van der Waals surface area contributed by atoms with E-state index in [1.54, 1.807) is 0 Å². The molecule has 0 amide bonds. The van der Waals surface area contributed by atoms with Gasteiger partial charge < -0.3 is 0 Å². The Hall–Kier alpha value is 0. The Balaban J connectivity index is 4.01. The van der Waals surface area contributed by atoms with Gasteiger partial charge in [0.25, 0.3) is 0 Å². The second kappa shape index (κ2) is 8.14. The monoisotopic (exact) mass is 226 g/mol. The third-order valence-corrected chi connectivity index (χ3v) is 4.69. The average molecular weight is 226 g/mol. The molecule has 0 fully saturated rings. The second-order valence-corrected chi connectivity index (χ2v) is 6.41. The van der Waals surface area contributed by atoms with Gasteiger partial charge in [-0.1, -0.05) is 67.7 Å². The van der Waals surface area contributed by atoms with E-state index < -0.39 is 0 Å². The van der Waals surface area contributed by atoms with Crippen molar-refractivity contribution in [3.05, 3.63) is 0 Å². The zero-order valence-electron chi connectivity index (χ0n) is 12.7. The minimum Gasteiger partial charge on any atom is -0.0654 e. The number of rotatable bonds is 8. The largest absolute Gasteiger partial charge is 0.0654 e. The van der Waals surface area contributed by atoms with E-state index in [9.17, 15) is 0 Å². The molecule has 4 unspecified atom stereocenters. The van der Waals surface area contributed by atoms with E-state index in [2.05, 4.69) is 48.5 Å². The Bertz CT molecular complexity index is 159. The van der Waals surface area contributed by atoms with Crippen LogP contribution in [-0.2, 0) is 0 Å². The molecule has 0 aliphatic rings. The van der Waals surface area contributed by atoms with Crippen LogP contribution >= 0.6 is 0 Å². The standard InChI is InChI=1S/C16H34/c1-8-9-10-13(4)16(7)15(6)11-14(5)12(2)3/h12-16H,8-11H2,1-7H3. The summed E-state index contributed by atoms with van der Waals surface area (Å²) in [6, 6.07) is 0. The Kier molecular flexibility index (Phi) is 8.14. The van der Waals surface area contributed by atoms with E-state index >= 15 is 0 Å².